The lowest BCUT2D eigenvalue weighted by molar-refractivity contribution is 0.0308. The van der Waals surface area contributed by atoms with E-state index in [2.05, 4.69) is 38.0 Å². The van der Waals surface area contributed by atoms with E-state index >= 15 is 0 Å². The van der Waals surface area contributed by atoms with Crippen LogP contribution in [0.3, 0.4) is 0 Å². The van der Waals surface area contributed by atoms with Crippen LogP contribution >= 0.6 is 0 Å². The van der Waals surface area contributed by atoms with Gasteiger partial charge in [-0.25, -0.2) is 0 Å². The van der Waals surface area contributed by atoms with Gasteiger partial charge in [0.2, 0.25) is 0 Å². The maximum Gasteiger partial charge on any atom is 0.0469 e. The van der Waals surface area contributed by atoms with Crippen molar-refractivity contribution in [3.63, 3.8) is 0 Å². The Morgan fingerprint density at radius 3 is 2.55 bits per heavy atom. The molecule has 0 radical (unpaired) electrons. The number of nitrogens with one attached hydrogen (secondary N) is 1. The van der Waals surface area contributed by atoms with Gasteiger partial charge in [0.25, 0.3) is 0 Å². The van der Waals surface area contributed by atoms with Gasteiger partial charge in [-0.2, -0.15) is 0 Å². The average molecular weight is 282 g/mol. The molecular weight excluding hydrogens is 248 g/mol. The molecule has 1 aliphatic carbocycles. The Hall–Kier alpha value is -0.120. The van der Waals surface area contributed by atoms with Gasteiger partial charge >= 0.3 is 0 Å². The summed E-state index contributed by atoms with van der Waals surface area (Å²) in [5.41, 5.74) is 0.501. The van der Waals surface area contributed by atoms with Crippen LogP contribution < -0.4 is 5.32 Å². The van der Waals surface area contributed by atoms with Crippen molar-refractivity contribution < 1.29 is 4.74 Å². The quantitative estimate of drug-likeness (QED) is 0.839. The van der Waals surface area contributed by atoms with Crippen LogP contribution in [0.5, 0.6) is 0 Å². The third-order valence-electron chi connectivity index (χ3n) is 5.28. The molecule has 1 N–H and O–H groups in total. The van der Waals surface area contributed by atoms with Crippen molar-refractivity contribution in [3.05, 3.63) is 0 Å². The second kappa shape index (κ2) is 7.24. The lowest BCUT2D eigenvalue weighted by Gasteiger charge is -2.46. The monoisotopic (exact) mass is 282 g/mol. The lowest BCUT2D eigenvalue weighted by atomic mass is 9.72. The normalized spacial score (nSPS) is 31.6. The molecule has 1 heterocycles. The van der Waals surface area contributed by atoms with E-state index < -0.39 is 0 Å². The zero-order valence-electron chi connectivity index (χ0n) is 14.0. The standard InChI is InChI=1S/C17H34N2O/c1-5-18-15-6-9-17(2,3)12-16(15)19(4)13-14-7-10-20-11-8-14/h14-16,18H,5-13H2,1-4H3. The molecule has 1 saturated heterocycles. The average Bonchev–Trinajstić information content (AvgIpc) is 2.42. The number of hydrogen-bond acceptors (Lipinski definition) is 3. The van der Waals surface area contributed by atoms with Crippen LogP contribution in [0.2, 0.25) is 0 Å². The Balaban J connectivity index is 1.93. The van der Waals surface area contributed by atoms with Gasteiger partial charge in [-0.15, -0.1) is 0 Å². The van der Waals surface area contributed by atoms with Crippen LogP contribution in [0, 0.1) is 11.3 Å². The fourth-order valence-corrected chi connectivity index (χ4v) is 3.98. The van der Waals surface area contributed by atoms with Gasteiger partial charge in [-0.1, -0.05) is 20.8 Å². The summed E-state index contributed by atoms with van der Waals surface area (Å²) in [4.78, 5) is 2.64. The fourth-order valence-electron chi connectivity index (χ4n) is 3.98. The summed E-state index contributed by atoms with van der Waals surface area (Å²) in [5.74, 6) is 0.834. The number of rotatable bonds is 5. The first-order valence-corrected chi connectivity index (χ1v) is 8.53. The van der Waals surface area contributed by atoms with Crippen LogP contribution in [0.1, 0.15) is 52.9 Å². The summed E-state index contributed by atoms with van der Waals surface area (Å²) in [6.45, 7) is 11.4. The van der Waals surface area contributed by atoms with Gasteiger partial charge in [0.15, 0.2) is 0 Å². The molecular formula is C17H34N2O. The first kappa shape index (κ1) is 16.3. The molecule has 0 aromatic heterocycles. The SMILES string of the molecule is CCNC1CCC(C)(C)CC1N(C)CC1CCOCC1. The second-order valence-electron chi connectivity index (χ2n) is 7.63. The minimum absolute atomic E-state index is 0.501. The summed E-state index contributed by atoms with van der Waals surface area (Å²) in [6, 6.07) is 1.37. The lowest BCUT2D eigenvalue weighted by Crippen LogP contribution is -2.54. The van der Waals surface area contributed by atoms with Crippen molar-refractivity contribution in [3.8, 4) is 0 Å². The molecule has 2 unspecified atom stereocenters. The van der Waals surface area contributed by atoms with E-state index in [0.29, 0.717) is 17.5 Å². The van der Waals surface area contributed by atoms with Crippen LogP contribution in [-0.2, 0) is 4.74 Å². The molecule has 1 saturated carbocycles. The molecule has 2 atom stereocenters. The zero-order chi connectivity index (χ0) is 14.6. The summed E-state index contributed by atoms with van der Waals surface area (Å²) in [7, 11) is 2.34. The molecule has 0 spiro atoms. The number of nitrogens with zero attached hydrogens (tertiary/aromatic N) is 1. The van der Waals surface area contributed by atoms with Crippen molar-refractivity contribution >= 4 is 0 Å². The highest BCUT2D eigenvalue weighted by Gasteiger charge is 2.37. The first-order chi connectivity index (χ1) is 9.52. The smallest absolute Gasteiger partial charge is 0.0469 e. The second-order valence-corrected chi connectivity index (χ2v) is 7.63. The molecule has 3 nitrogen and oxygen atoms in total. The van der Waals surface area contributed by atoms with Crippen molar-refractivity contribution in [2.24, 2.45) is 11.3 Å². The molecule has 2 rings (SSSR count). The largest absolute Gasteiger partial charge is 0.381 e. The third-order valence-corrected chi connectivity index (χ3v) is 5.28. The van der Waals surface area contributed by atoms with E-state index in [0.717, 1.165) is 25.7 Å². The van der Waals surface area contributed by atoms with E-state index in [9.17, 15) is 0 Å². The number of likely N-dealkylation sites (N-methyl/N-ethyl adjacent to an activating group) is 2. The summed E-state index contributed by atoms with van der Waals surface area (Å²) in [5, 5.41) is 3.72. The molecule has 2 fully saturated rings. The minimum atomic E-state index is 0.501. The van der Waals surface area contributed by atoms with Gasteiger partial charge in [0, 0.05) is 31.8 Å². The third kappa shape index (κ3) is 4.44. The van der Waals surface area contributed by atoms with Gasteiger partial charge in [0.1, 0.15) is 0 Å². The van der Waals surface area contributed by atoms with E-state index in [1.807, 2.05) is 0 Å². The Kier molecular flexibility index (Phi) is 5.88. The van der Waals surface area contributed by atoms with E-state index in [-0.39, 0.29) is 0 Å². The van der Waals surface area contributed by atoms with E-state index in [4.69, 9.17) is 4.74 Å². The van der Waals surface area contributed by atoms with Crippen molar-refractivity contribution in [1.82, 2.24) is 10.2 Å². The van der Waals surface area contributed by atoms with Gasteiger partial charge in [0.05, 0.1) is 0 Å². The maximum absolute atomic E-state index is 5.49. The Labute approximate surface area is 125 Å². The number of hydrogen-bond donors (Lipinski definition) is 1. The van der Waals surface area contributed by atoms with E-state index in [1.54, 1.807) is 0 Å². The highest BCUT2D eigenvalue weighted by Crippen LogP contribution is 2.37. The van der Waals surface area contributed by atoms with Crippen LogP contribution in [0.4, 0.5) is 0 Å². The van der Waals surface area contributed by atoms with Gasteiger partial charge < -0.3 is 15.0 Å². The molecule has 20 heavy (non-hydrogen) atoms. The van der Waals surface area contributed by atoms with Crippen LogP contribution in [-0.4, -0.2) is 50.3 Å². The van der Waals surface area contributed by atoms with Crippen LogP contribution in [0.25, 0.3) is 0 Å². The first-order valence-electron chi connectivity index (χ1n) is 8.53. The topological polar surface area (TPSA) is 24.5 Å². The Morgan fingerprint density at radius 2 is 1.90 bits per heavy atom. The molecule has 118 valence electrons. The van der Waals surface area contributed by atoms with Gasteiger partial charge in [-0.05, 0) is 57.0 Å². The van der Waals surface area contributed by atoms with Crippen molar-refractivity contribution in [2.45, 2.75) is 65.0 Å². The summed E-state index contributed by atoms with van der Waals surface area (Å²) in [6.07, 6.45) is 6.49. The summed E-state index contributed by atoms with van der Waals surface area (Å²) < 4.78 is 5.49. The van der Waals surface area contributed by atoms with Crippen LogP contribution in [0.15, 0.2) is 0 Å². The predicted molar refractivity (Wildman–Crippen MR) is 85.1 cm³/mol. The number of ether oxygens (including phenoxy) is 1. The maximum atomic E-state index is 5.49. The zero-order valence-corrected chi connectivity index (χ0v) is 14.0. The molecule has 0 aromatic rings. The molecule has 3 heteroatoms. The summed E-state index contributed by atoms with van der Waals surface area (Å²) >= 11 is 0. The fraction of sp³-hybridized carbons (Fsp3) is 1.00. The Bertz CT molecular complexity index is 287. The van der Waals surface area contributed by atoms with Crippen molar-refractivity contribution in [2.75, 3.05) is 33.4 Å². The molecule has 0 amide bonds. The Morgan fingerprint density at radius 1 is 1.20 bits per heavy atom. The van der Waals surface area contributed by atoms with E-state index in [1.165, 1.54) is 38.6 Å². The molecule has 0 bridgehead atoms. The highest BCUT2D eigenvalue weighted by molar-refractivity contribution is 4.94. The highest BCUT2D eigenvalue weighted by atomic mass is 16.5. The predicted octanol–water partition coefficient (Wildman–Crippen LogP) is 2.90. The minimum Gasteiger partial charge on any atom is -0.381 e. The molecule has 2 aliphatic rings. The molecule has 0 aromatic carbocycles. The molecule has 1 aliphatic heterocycles. The van der Waals surface area contributed by atoms with Crippen molar-refractivity contribution in [1.29, 1.82) is 0 Å². The van der Waals surface area contributed by atoms with Gasteiger partial charge in [-0.3, -0.25) is 0 Å².